The summed E-state index contributed by atoms with van der Waals surface area (Å²) in [6.45, 7) is 0.164. The number of carbonyl (C=O) groups is 5. The van der Waals surface area contributed by atoms with Crippen LogP contribution in [0.1, 0.15) is 48.8 Å². The summed E-state index contributed by atoms with van der Waals surface area (Å²) < 4.78 is 77.2. The van der Waals surface area contributed by atoms with Crippen LogP contribution in [0.25, 0.3) is 0 Å². The lowest BCUT2D eigenvalue weighted by Gasteiger charge is -2.26. The van der Waals surface area contributed by atoms with Crippen LogP contribution in [0.3, 0.4) is 0 Å². The van der Waals surface area contributed by atoms with Crippen molar-refractivity contribution in [3.8, 4) is 0 Å². The number of nitrogens with two attached hydrogens (primary N) is 3. The second-order valence-electron chi connectivity index (χ2n) is 13.1. The first-order valence-corrected chi connectivity index (χ1v) is 18.1. The van der Waals surface area contributed by atoms with E-state index in [-0.39, 0.29) is 58.2 Å². The fourth-order valence-electron chi connectivity index (χ4n) is 5.55. The van der Waals surface area contributed by atoms with Crippen molar-refractivity contribution < 1.29 is 50.7 Å². The topological polar surface area (TPSA) is 257 Å². The highest BCUT2D eigenvalue weighted by Gasteiger charge is 2.34. The molecule has 4 atom stereocenters. The number of guanidine groups is 1. The Morgan fingerprint density at radius 1 is 0.603 bits per heavy atom. The number of rotatable bonds is 22. The van der Waals surface area contributed by atoms with Gasteiger partial charge in [-0.25, -0.2) is 26.7 Å². The third-order valence-electron chi connectivity index (χ3n) is 8.66. The molecular formula is C38H46F5N9O6. The molecule has 0 aliphatic carbocycles. The van der Waals surface area contributed by atoms with Crippen LogP contribution in [-0.2, 0) is 43.4 Å². The number of ether oxygens (including phenoxy) is 1. The molecule has 3 aromatic carbocycles. The van der Waals surface area contributed by atoms with Crippen LogP contribution in [0.15, 0.2) is 60.7 Å². The number of carbonyl (C=O) groups excluding carboxylic acids is 5. The Hall–Kier alpha value is -6.31. The third kappa shape index (κ3) is 14.6. The van der Waals surface area contributed by atoms with E-state index in [4.69, 9.17) is 27.3 Å². The average Bonchev–Trinajstić information content (AvgIpc) is 3.20. The highest BCUT2D eigenvalue weighted by molar-refractivity contribution is 5.94. The standard InChI is InChI=1S/C38H46F5N9O6/c39-28-23(29(40)31(42)32(43)30(28)41)19-27(36(56)50-25(33(45)53)14-7-8-16-49-38(57)58-20-22-12-5-2-6-13-22)52-35(55)26(15-9-17-48-37(46)47)51-34(54)24(44)18-21-10-3-1-4-11-21/h1-6,10-13,24-27H,7-9,14-20,44H2,(H2,45,53)(H,49,57)(H,50,56)(H,51,54)(H,52,55)(H4,46,47,48)/t24-,25-,26+,27-/m0/s1. The Bertz CT molecular complexity index is 1870. The Morgan fingerprint density at radius 2 is 1.10 bits per heavy atom. The van der Waals surface area contributed by atoms with E-state index in [1.54, 1.807) is 60.7 Å². The summed E-state index contributed by atoms with van der Waals surface area (Å²) in [5.41, 5.74) is 16.9. The van der Waals surface area contributed by atoms with E-state index in [0.29, 0.717) is 5.56 Å². The van der Waals surface area contributed by atoms with Gasteiger partial charge < -0.3 is 48.5 Å². The van der Waals surface area contributed by atoms with E-state index in [1.165, 1.54) is 0 Å². The van der Waals surface area contributed by atoms with E-state index < -0.39 is 101 Å². The zero-order chi connectivity index (χ0) is 42.8. The summed E-state index contributed by atoms with van der Waals surface area (Å²) in [5.74, 6) is -16.3. The van der Waals surface area contributed by atoms with E-state index in [9.17, 15) is 45.9 Å². The van der Waals surface area contributed by atoms with Crippen LogP contribution < -0.4 is 43.8 Å². The van der Waals surface area contributed by atoms with Crippen LogP contribution in [-0.4, -0.2) is 72.9 Å². The largest absolute Gasteiger partial charge is 0.445 e. The highest BCUT2D eigenvalue weighted by atomic mass is 19.2. The Balaban J connectivity index is 1.77. The molecule has 12 N–H and O–H groups in total. The van der Waals surface area contributed by atoms with Gasteiger partial charge in [-0.05, 0) is 49.7 Å². The first-order chi connectivity index (χ1) is 27.6. The molecule has 314 valence electrons. The van der Waals surface area contributed by atoms with E-state index in [2.05, 4.69) is 26.6 Å². The SMILES string of the molecule is N=C(N)NCCC[C@@H](NC(=O)[C@@H](N)Cc1ccccc1)C(=O)N[C@@H](Cc1c(F)c(F)c(F)c(F)c1F)C(=O)N[C@@H](CCCCNC(=O)OCc1ccccc1)C(N)=O. The first kappa shape index (κ1) is 46.1. The van der Waals surface area contributed by atoms with Crippen LogP contribution in [0.4, 0.5) is 26.7 Å². The monoisotopic (exact) mass is 819 g/mol. The molecule has 0 bridgehead atoms. The summed E-state index contributed by atoms with van der Waals surface area (Å²) in [5, 5.41) is 19.3. The normalized spacial score (nSPS) is 12.9. The molecule has 58 heavy (non-hydrogen) atoms. The molecule has 0 unspecified atom stereocenters. The minimum atomic E-state index is -2.45. The number of nitrogens with one attached hydrogen (secondary N) is 6. The number of amides is 5. The molecule has 20 heteroatoms. The van der Waals surface area contributed by atoms with E-state index in [0.717, 1.165) is 5.56 Å². The lowest BCUT2D eigenvalue weighted by molar-refractivity contribution is -0.133. The maximum Gasteiger partial charge on any atom is 0.407 e. The number of hydrogen-bond acceptors (Lipinski definition) is 8. The van der Waals surface area contributed by atoms with Gasteiger partial charge in [0.25, 0.3) is 0 Å². The maximum atomic E-state index is 14.9. The van der Waals surface area contributed by atoms with Gasteiger partial charge >= 0.3 is 6.09 Å². The first-order valence-electron chi connectivity index (χ1n) is 18.1. The van der Waals surface area contributed by atoms with Crippen molar-refractivity contribution in [1.82, 2.24) is 26.6 Å². The Kier molecular flexibility index (Phi) is 18.3. The van der Waals surface area contributed by atoms with Crippen LogP contribution >= 0.6 is 0 Å². The minimum absolute atomic E-state index is 0.0250. The summed E-state index contributed by atoms with van der Waals surface area (Å²) in [7, 11) is 0. The fourth-order valence-corrected chi connectivity index (χ4v) is 5.55. The molecule has 0 aliphatic heterocycles. The molecule has 3 aromatic rings. The van der Waals surface area contributed by atoms with Gasteiger partial charge in [0.05, 0.1) is 6.04 Å². The minimum Gasteiger partial charge on any atom is -0.445 e. The predicted molar refractivity (Wildman–Crippen MR) is 201 cm³/mol. The van der Waals surface area contributed by atoms with Crippen molar-refractivity contribution >= 4 is 35.7 Å². The van der Waals surface area contributed by atoms with Crippen LogP contribution in [0.2, 0.25) is 0 Å². The second kappa shape index (κ2) is 23.0. The van der Waals surface area contributed by atoms with E-state index >= 15 is 0 Å². The summed E-state index contributed by atoms with van der Waals surface area (Å²) in [6.07, 6.45) is -1.74. The fraction of sp³-hybridized carbons (Fsp3) is 0.368. The van der Waals surface area contributed by atoms with Gasteiger partial charge in [-0.2, -0.15) is 0 Å². The van der Waals surface area contributed by atoms with E-state index in [1.807, 2.05) is 0 Å². The zero-order valence-electron chi connectivity index (χ0n) is 31.2. The number of primary amides is 1. The highest BCUT2D eigenvalue weighted by Crippen LogP contribution is 2.24. The third-order valence-corrected chi connectivity index (χ3v) is 8.66. The number of unbranched alkanes of at least 4 members (excludes halogenated alkanes) is 1. The van der Waals surface area contributed by atoms with Crippen molar-refractivity contribution in [3.63, 3.8) is 0 Å². The number of halogens is 5. The van der Waals surface area contributed by atoms with Gasteiger partial charge in [0, 0.05) is 25.1 Å². The molecule has 5 amide bonds. The average molecular weight is 820 g/mol. The predicted octanol–water partition coefficient (Wildman–Crippen LogP) is 1.79. The number of benzene rings is 3. The quantitative estimate of drug-likeness (QED) is 0.0179. The molecule has 0 radical (unpaired) electrons. The molecule has 0 spiro atoms. The Morgan fingerprint density at radius 3 is 1.69 bits per heavy atom. The van der Waals surface area contributed by atoms with Crippen molar-refractivity contribution in [1.29, 1.82) is 5.41 Å². The summed E-state index contributed by atoms with van der Waals surface area (Å²) in [6, 6.07) is 11.3. The van der Waals surface area contributed by atoms with Crippen molar-refractivity contribution in [2.45, 2.75) is 75.7 Å². The number of hydrogen-bond donors (Lipinski definition) is 9. The van der Waals surface area contributed by atoms with Crippen LogP contribution in [0.5, 0.6) is 0 Å². The molecule has 0 heterocycles. The summed E-state index contributed by atoms with van der Waals surface area (Å²) in [4.78, 5) is 64.9. The lowest BCUT2D eigenvalue weighted by Crippen LogP contribution is -2.58. The van der Waals surface area contributed by atoms with Crippen molar-refractivity contribution in [2.24, 2.45) is 17.2 Å². The smallest absolute Gasteiger partial charge is 0.407 e. The van der Waals surface area contributed by atoms with Crippen LogP contribution in [0, 0.1) is 34.5 Å². The van der Waals surface area contributed by atoms with Gasteiger partial charge in [-0.3, -0.25) is 24.6 Å². The van der Waals surface area contributed by atoms with Gasteiger partial charge in [0.15, 0.2) is 29.2 Å². The van der Waals surface area contributed by atoms with Crippen molar-refractivity contribution in [2.75, 3.05) is 13.1 Å². The molecule has 0 fully saturated rings. The van der Waals surface area contributed by atoms with Gasteiger partial charge in [0.1, 0.15) is 24.7 Å². The second-order valence-corrected chi connectivity index (χ2v) is 13.1. The molecule has 3 rings (SSSR count). The van der Waals surface area contributed by atoms with Gasteiger partial charge in [-0.1, -0.05) is 60.7 Å². The van der Waals surface area contributed by atoms with Gasteiger partial charge in [0.2, 0.25) is 29.4 Å². The molecule has 0 aromatic heterocycles. The molecule has 15 nitrogen and oxygen atoms in total. The van der Waals surface area contributed by atoms with Gasteiger partial charge in [-0.15, -0.1) is 0 Å². The lowest BCUT2D eigenvalue weighted by atomic mass is 10.0. The Labute approximate surface area is 330 Å². The summed E-state index contributed by atoms with van der Waals surface area (Å²) >= 11 is 0. The number of alkyl carbamates (subject to hydrolysis) is 1. The molecular weight excluding hydrogens is 773 g/mol. The van der Waals surface area contributed by atoms with Crippen molar-refractivity contribution in [3.05, 3.63) is 106 Å². The zero-order valence-corrected chi connectivity index (χ0v) is 31.2. The maximum absolute atomic E-state index is 14.9. The molecule has 0 aliphatic rings. The molecule has 0 saturated heterocycles. The molecule has 0 saturated carbocycles.